The number of carbonyl (C=O) groups excluding carboxylic acids is 2. The van der Waals surface area contributed by atoms with Gasteiger partial charge < -0.3 is 20.6 Å². The Bertz CT molecular complexity index is 916. The highest BCUT2D eigenvalue weighted by molar-refractivity contribution is 5.97. The second kappa shape index (κ2) is 17.1. The average Bonchev–Trinajstić information content (AvgIpc) is 3.36. The second-order valence-electron chi connectivity index (χ2n) is 9.66. The van der Waals surface area contributed by atoms with Gasteiger partial charge in [0.25, 0.3) is 0 Å². The molecule has 2 amide bonds. The van der Waals surface area contributed by atoms with Gasteiger partial charge in [0.15, 0.2) is 0 Å². The fourth-order valence-electron chi connectivity index (χ4n) is 4.34. The summed E-state index contributed by atoms with van der Waals surface area (Å²) in [5, 5.41) is 14.6. The number of hydrogen-bond donors (Lipinski definition) is 3. The lowest BCUT2D eigenvalue weighted by atomic mass is 9.98. The van der Waals surface area contributed by atoms with Crippen LogP contribution in [0.15, 0.2) is 66.2 Å². The molecule has 3 rings (SSSR count). The summed E-state index contributed by atoms with van der Waals surface area (Å²) in [7, 11) is 0. The Kier molecular flexibility index (Phi) is 13.8. The first kappa shape index (κ1) is 29.8. The summed E-state index contributed by atoms with van der Waals surface area (Å²) in [5.41, 5.74) is 3.97. The molecule has 1 aromatic rings. The smallest absolute Gasteiger partial charge is 0.305 e. The summed E-state index contributed by atoms with van der Waals surface area (Å²) in [4.78, 5) is 40.1. The summed E-state index contributed by atoms with van der Waals surface area (Å²) < 4.78 is 0. The lowest BCUT2D eigenvalue weighted by Gasteiger charge is -2.20. The molecule has 0 radical (unpaired) electrons. The molecule has 0 bridgehead atoms. The number of amides is 2. The van der Waals surface area contributed by atoms with Crippen LogP contribution >= 0.6 is 0 Å². The van der Waals surface area contributed by atoms with E-state index in [4.69, 9.17) is 5.11 Å². The van der Waals surface area contributed by atoms with Crippen LogP contribution in [0, 0.1) is 5.92 Å². The van der Waals surface area contributed by atoms with E-state index in [-0.39, 0.29) is 25.3 Å². The largest absolute Gasteiger partial charge is 0.481 e. The van der Waals surface area contributed by atoms with Gasteiger partial charge in [0.1, 0.15) is 6.42 Å². The van der Waals surface area contributed by atoms with Gasteiger partial charge in [-0.1, -0.05) is 23.8 Å². The first-order valence-corrected chi connectivity index (χ1v) is 13.2. The van der Waals surface area contributed by atoms with Crippen molar-refractivity contribution in [1.29, 1.82) is 0 Å². The molecule has 1 fully saturated rings. The summed E-state index contributed by atoms with van der Waals surface area (Å²) in [6, 6.07) is 5.72. The van der Waals surface area contributed by atoms with Crippen LogP contribution in [0.25, 0.3) is 0 Å². The highest BCUT2D eigenvalue weighted by Gasteiger charge is 2.26. The number of carboxylic acids is 1. The number of carbonyl (C=O) groups is 3. The zero-order valence-corrected chi connectivity index (χ0v) is 22.1. The van der Waals surface area contributed by atoms with Crippen LogP contribution in [0.3, 0.4) is 0 Å². The predicted molar refractivity (Wildman–Crippen MR) is 145 cm³/mol. The van der Waals surface area contributed by atoms with Gasteiger partial charge in [-0.3, -0.25) is 19.4 Å². The molecule has 1 aromatic heterocycles. The maximum absolute atomic E-state index is 12.3. The first-order chi connectivity index (χ1) is 17.8. The molecule has 1 saturated heterocycles. The van der Waals surface area contributed by atoms with Crippen molar-refractivity contribution in [2.24, 2.45) is 5.92 Å². The molecule has 8 nitrogen and oxygen atoms in total. The molecule has 2 aliphatic rings. The van der Waals surface area contributed by atoms with Crippen LogP contribution < -0.4 is 10.6 Å². The monoisotopic (exact) mass is 510 g/mol. The minimum absolute atomic E-state index is 0.0528. The molecule has 3 N–H and O–H groups in total. The third-order valence-corrected chi connectivity index (χ3v) is 6.39. The normalized spacial score (nSPS) is 17.1. The third-order valence-electron chi connectivity index (χ3n) is 6.39. The third kappa shape index (κ3) is 12.9. The van der Waals surface area contributed by atoms with Crippen molar-refractivity contribution in [1.82, 2.24) is 20.5 Å². The zero-order chi connectivity index (χ0) is 26.9. The standard InChI is InChI=1S/C24H37N3O4.C5H5N/c1-18(2)9-10-21-20(8-5-13-25-21)7-4-3-6-19-12-15-27(17-19)23(29)16-22(28)26-14-11-24(30)31;1-2-4-6-5-3-1/h4,7,19,25H,1,3,5-6,8-17H2,2H3,(H,26,28)(H,30,31);1-5H/b7-4-;. The van der Waals surface area contributed by atoms with E-state index in [0.29, 0.717) is 19.0 Å². The molecule has 1 unspecified atom stereocenters. The van der Waals surface area contributed by atoms with E-state index in [1.165, 1.54) is 23.3 Å². The molecule has 0 spiro atoms. The highest BCUT2D eigenvalue weighted by atomic mass is 16.4. The van der Waals surface area contributed by atoms with E-state index in [2.05, 4.69) is 41.3 Å². The molecule has 202 valence electrons. The number of aliphatic carboxylic acids is 1. The molecule has 37 heavy (non-hydrogen) atoms. The van der Waals surface area contributed by atoms with E-state index in [0.717, 1.165) is 45.1 Å². The van der Waals surface area contributed by atoms with Crippen LogP contribution in [0.1, 0.15) is 64.7 Å². The lowest BCUT2D eigenvalue weighted by molar-refractivity contribution is -0.136. The van der Waals surface area contributed by atoms with Crippen molar-refractivity contribution in [3.63, 3.8) is 0 Å². The molecular formula is C29H42N4O4. The highest BCUT2D eigenvalue weighted by Crippen LogP contribution is 2.24. The number of rotatable bonds is 12. The topological polar surface area (TPSA) is 112 Å². The van der Waals surface area contributed by atoms with E-state index in [1.54, 1.807) is 17.3 Å². The van der Waals surface area contributed by atoms with Gasteiger partial charge in [-0.15, -0.1) is 6.58 Å². The van der Waals surface area contributed by atoms with Crippen molar-refractivity contribution in [2.75, 3.05) is 26.2 Å². The molecule has 3 heterocycles. The Balaban J connectivity index is 0.000000700. The number of likely N-dealkylation sites (tertiary alicyclic amines) is 1. The first-order valence-electron chi connectivity index (χ1n) is 13.2. The summed E-state index contributed by atoms with van der Waals surface area (Å²) in [6.45, 7) is 8.56. The van der Waals surface area contributed by atoms with Crippen LogP contribution in [0.5, 0.6) is 0 Å². The Labute approximate surface area is 220 Å². The minimum atomic E-state index is -0.970. The Morgan fingerprint density at radius 3 is 2.68 bits per heavy atom. The van der Waals surface area contributed by atoms with Crippen LogP contribution in [0.4, 0.5) is 0 Å². The van der Waals surface area contributed by atoms with E-state index < -0.39 is 11.9 Å². The average molecular weight is 511 g/mol. The second-order valence-corrected chi connectivity index (χ2v) is 9.66. The van der Waals surface area contributed by atoms with Crippen molar-refractivity contribution in [3.05, 3.63) is 66.2 Å². The fraction of sp³-hybridized carbons (Fsp3) is 0.517. The summed E-state index contributed by atoms with van der Waals surface area (Å²) in [6.07, 6.45) is 15.0. The van der Waals surface area contributed by atoms with Crippen molar-refractivity contribution < 1.29 is 19.5 Å². The molecular weight excluding hydrogens is 468 g/mol. The number of pyridine rings is 1. The number of hydrogen-bond acceptors (Lipinski definition) is 5. The number of aromatic nitrogens is 1. The Morgan fingerprint density at radius 1 is 1.24 bits per heavy atom. The molecule has 0 aromatic carbocycles. The van der Waals surface area contributed by atoms with Gasteiger partial charge in [0.2, 0.25) is 11.8 Å². The molecule has 1 atom stereocenters. The summed E-state index contributed by atoms with van der Waals surface area (Å²) in [5.74, 6) is -1.09. The van der Waals surface area contributed by atoms with Crippen LogP contribution in [-0.4, -0.2) is 59.0 Å². The van der Waals surface area contributed by atoms with Crippen LogP contribution in [-0.2, 0) is 14.4 Å². The molecule has 8 heteroatoms. The van der Waals surface area contributed by atoms with Gasteiger partial charge in [-0.05, 0) is 75.5 Å². The number of nitrogens with one attached hydrogen (secondary N) is 2. The minimum Gasteiger partial charge on any atom is -0.481 e. The predicted octanol–water partition coefficient (Wildman–Crippen LogP) is 4.23. The van der Waals surface area contributed by atoms with Crippen molar-refractivity contribution in [3.8, 4) is 0 Å². The molecule has 0 saturated carbocycles. The number of nitrogens with zero attached hydrogens (tertiary/aromatic N) is 2. The summed E-state index contributed by atoms with van der Waals surface area (Å²) >= 11 is 0. The SMILES string of the molecule is C=C(C)CCC1=C(/C=C\CCC2CCN(C(=O)CC(=O)NCCC(=O)O)C2)CCCN1.c1ccncc1. The van der Waals surface area contributed by atoms with Gasteiger partial charge in [0, 0.05) is 44.3 Å². The van der Waals surface area contributed by atoms with Gasteiger partial charge in [0.05, 0.1) is 6.42 Å². The van der Waals surface area contributed by atoms with Crippen LogP contribution in [0.2, 0.25) is 0 Å². The molecule has 2 aliphatic heterocycles. The van der Waals surface area contributed by atoms with Crippen molar-refractivity contribution >= 4 is 17.8 Å². The Hall–Kier alpha value is -3.42. The Morgan fingerprint density at radius 2 is 2.03 bits per heavy atom. The van der Waals surface area contributed by atoms with Crippen molar-refractivity contribution in [2.45, 2.75) is 64.7 Å². The van der Waals surface area contributed by atoms with Gasteiger partial charge >= 0.3 is 5.97 Å². The molecule has 0 aliphatic carbocycles. The number of allylic oxidation sites excluding steroid dienone is 5. The van der Waals surface area contributed by atoms with Gasteiger partial charge in [-0.25, -0.2) is 0 Å². The fourth-order valence-corrected chi connectivity index (χ4v) is 4.34. The lowest BCUT2D eigenvalue weighted by Crippen LogP contribution is -2.35. The van der Waals surface area contributed by atoms with E-state index in [1.807, 2.05) is 18.2 Å². The quantitative estimate of drug-likeness (QED) is 0.287. The van der Waals surface area contributed by atoms with Gasteiger partial charge in [-0.2, -0.15) is 0 Å². The maximum atomic E-state index is 12.3. The van der Waals surface area contributed by atoms with E-state index in [9.17, 15) is 14.4 Å². The van der Waals surface area contributed by atoms with E-state index >= 15 is 0 Å². The number of carboxylic acid groups (broad SMARTS) is 1. The maximum Gasteiger partial charge on any atom is 0.305 e. The zero-order valence-electron chi connectivity index (χ0n) is 22.1.